The Morgan fingerprint density at radius 1 is 1.12 bits per heavy atom. The number of nitrogens with one attached hydrogen (secondary N) is 1. The molecule has 2 aliphatic rings. The zero-order chi connectivity index (χ0) is 11.9. The van der Waals surface area contributed by atoms with Gasteiger partial charge in [0.05, 0.1) is 0 Å². The van der Waals surface area contributed by atoms with Crippen LogP contribution in [0.25, 0.3) is 0 Å². The summed E-state index contributed by atoms with van der Waals surface area (Å²) in [5.41, 5.74) is 0. The molecule has 17 heavy (non-hydrogen) atoms. The van der Waals surface area contributed by atoms with Gasteiger partial charge in [0.15, 0.2) is 0 Å². The van der Waals surface area contributed by atoms with Gasteiger partial charge in [-0.15, -0.1) is 0 Å². The van der Waals surface area contributed by atoms with Crippen LogP contribution in [0.2, 0.25) is 0 Å². The lowest BCUT2D eigenvalue weighted by atomic mass is 9.91. The molecule has 1 N–H and O–H groups in total. The predicted molar refractivity (Wildman–Crippen MR) is 70.1 cm³/mol. The van der Waals surface area contributed by atoms with E-state index in [1.165, 1.54) is 32.4 Å². The Morgan fingerprint density at radius 3 is 2.53 bits per heavy atom. The van der Waals surface area contributed by atoms with Crippen LogP contribution in [0, 0.1) is 5.92 Å². The Morgan fingerprint density at radius 2 is 1.82 bits per heavy atom. The van der Waals surface area contributed by atoms with Crippen molar-refractivity contribution in [3.05, 3.63) is 0 Å². The normalized spacial score (nSPS) is 23.8. The second kappa shape index (κ2) is 7.12. The third-order valence-corrected chi connectivity index (χ3v) is 4.14. The molecule has 0 aromatic carbocycles. The molecule has 0 aromatic rings. The molecule has 2 fully saturated rings. The van der Waals surface area contributed by atoms with Crippen molar-refractivity contribution in [1.82, 2.24) is 10.2 Å². The van der Waals surface area contributed by atoms with E-state index in [9.17, 15) is 4.79 Å². The Bertz CT molecular complexity index is 230. The molecule has 98 valence electrons. The van der Waals surface area contributed by atoms with E-state index in [1.54, 1.807) is 0 Å². The number of nitrogens with zero attached hydrogens (tertiary/aromatic N) is 1. The lowest BCUT2D eigenvalue weighted by Crippen LogP contribution is -2.33. The van der Waals surface area contributed by atoms with Gasteiger partial charge in [0.25, 0.3) is 0 Å². The van der Waals surface area contributed by atoms with Crippen molar-refractivity contribution >= 4 is 5.78 Å². The number of carbonyl (C=O) groups excluding carboxylic acids is 1. The number of hydrogen-bond acceptors (Lipinski definition) is 3. The molecule has 0 bridgehead atoms. The summed E-state index contributed by atoms with van der Waals surface area (Å²) in [5, 5.41) is 3.32. The van der Waals surface area contributed by atoms with Crippen molar-refractivity contribution in [2.24, 2.45) is 5.92 Å². The van der Waals surface area contributed by atoms with Crippen LogP contribution in [0.4, 0.5) is 0 Å². The maximum absolute atomic E-state index is 12.0. The molecule has 0 saturated carbocycles. The minimum absolute atomic E-state index is 0.359. The zero-order valence-corrected chi connectivity index (χ0v) is 10.9. The fourth-order valence-corrected chi connectivity index (χ4v) is 3.01. The Kier molecular flexibility index (Phi) is 5.46. The molecule has 2 saturated heterocycles. The summed E-state index contributed by atoms with van der Waals surface area (Å²) in [7, 11) is 0. The van der Waals surface area contributed by atoms with Gasteiger partial charge in [-0.3, -0.25) is 4.79 Å². The average Bonchev–Trinajstić information content (AvgIpc) is 2.41. The van der Waals surface area contributed by atoms with Crippen LogP contribution in [-0.4, -0.2) is 43.4 Å². The molecule has 0 atom stereocenters. The van der Waals surface area contributed by atoms with E-state index >= 15 is 0 Å². The zero-order valence-electron chi connectivity index (χ0n) is 10.9. The molecular formula is C14H26N2O. The summed E-state index contributed by atoms with van der Waals surface area (Å²) in [6.07, 6.45) is 8.09. The highest BCUT2D eigenvalue weighted by Crippen LogP contribution is 2.16. The van der Waals surface area contributed by atoms with Gasteiger partial charge in [-0.1, -0.05) is 6.42 Å². The van der Waals surface area contributed by atoms with Gasteiger partial charge < -0.3 is 10.2 Å². The van der Waals surface area contributed by atoms with E-state index in [2.05, 4.69) is 10.2 Å². The van der Waals surface area contributed by atoms with Gasteiger partial charge in [-0.25, -0.2) is 0 Å². The number of carbonyl (C=O) groups is 1. The molecule has 2 aliphatic heterocycles. The first-order chi connectivity index (χ1) is 8.36. The molecule has 0 aliphatic carbocycles. The summed E-state index contributed by atoms with van der Waals surface area (Å²) < 4.78 is 0. The lowest BCUT2D eigenvalue weighted by Gasteiger charge is -2.26. The van der Waals surface area contributed by atoms with Crippen LogP contribution >= 0.6 is 0 Å². The number of Topliss-reactive ketones (excluding diaryl/α,β-unsaturated/α-hetero) is 1. The summed E-state index contributed by atoms with van der Waals surface area (Å²) in [4.78, 5) is 14.5. The maximum atomic E-state index is 12.0. The summed E-state index contributed by atoms with van der Waals surface area (Å²) in [6, 6.07) is 0. The fourth-order valence-electron chi connectivity index (χ4n) is 3.01. The molecule has 0 spiro atoms. The first-order valence-electron chi connectivity index (χ1n) is 7.32. The summed E-state index contributed by atoms with van der Waals surface area (Å²) in [6.45, 7) is 5.70. The predicted octanol–water partition coefficient (Wildman–Crippen LogP) is 1.82. The van der Waals surface area contributed by atoms with Gasteiger partial charge in [-0.2, -0.15) is 0 Å². The highest BCUT2D eigenvalue weighted by atomic mass is 16.1. The second-order valence-electron chi connectivity index (χ2n) is 5.50. The Balaban J connectivity index is 1.58. The monoisotopic (exact) mass is 238 g/mol. The van der Waals surface area contributed by atoms with Crippen LogP contribution in [-0.2, 0) is 4.79 Å². The van der Waals surface area contributed by atoms with Gasteiger partial charge in [0.2, 0.25) is 0 Å². The molecule has 3 nitrogen and oxygen atoms in total. The van der Waals surface area contributed by atoms with Crippen LogP contribution in [0.5, 0.6) is 0 Å². The Labute approximate surface area is 105 Å². The number of piperidine rings is 2. The summed E-state index contributed by atoms with van der Waals surface area (Å²) >= 11 is 0. The quantitative estimate of drug-likeness (QED) is 0.793. The van der Waals surface area contributed by atoms with Crippen molar-refractivity contribution in [3.8, 4) is 0 Å². The first-order valence-corrected chi connectivity index (χ1v) is 7.32. The molecule has 0 amide bonds. The van der Waals surface area contributed by atoms with Gasteiger partial charge in [0.1, 0.15) is 5.78 Å². The Hall–Kier alpha value is -0.410. The van der Waals surface area contributed by atoms with Gasteiger partial charge >= 0.3 is 0 Å². The van der Waals surface area contributed by atoms with Crippen LogP contribution in [0.3, 0.4) is 0 Å². The van der Waals surface area contributed by atoms with E-state index in [0.717, 1.165) is 45.3 Å². The highest BCUT2D eigenvalue weighted by molar-refractivity contribution is 5.81. The minimum Gasteiger partial charge on any atom is -0.317 e. The van der Waals surface area contributed by atoms with Crippen molar-refractivity contribution in [2.75, 3.05) is 32.7 Å². The average molecular weight is 238 g/mol. The van der Waals surface area contributed by atoms with Crippen molar-refractivity contribution < 1.29 is 4.79 Å². The highest BCUT2D eigenvalue weighted by Gasteiger charge is 2.20. The minimum atomic E-state index is 0.359. The van der Waals surface area contributed by atoms with Crippen molar-refractivity contribution in [3.63, 3.8) is 0 Å². The fraction of sp³-hybridized carbons (Fsp3) is 0.929. The second-order valence-corrected chi connectivity index (χ2v) is 5.50. The molecule has 3 heteroatoms. The molecule has 0 aromatic heterocycles. The van der Waals surface area contributed by atoms with E-state index in [4.69, 9.17) is 0 Å². The van der Waals surface area contributed by atoms with E-state index in [1.807, 2.05) is 0 Å². The molecule has 2 rings (SSSR count). The van der Waals surface area contributed by atoms with Gasteiger partial charge in [0, 0.05) is 12.3 Å². The number of likely N-dealkylation sites (tertiary alicyclic amines) is 1. The van der Waals surface area contributed by atoms with Crippen LogP contribution in [0.1, 0.15) is 44.9 Å². The smallest absolute Gasteiger partial charge is 0.136 e. The van der Waals surface area contributed by atoms with Gasteiger partial charge in [-0.05, 0) is 64.8 Å². The standard InChI is InChI=1S/C14H26N2O/c17-14(13-6-8-15-9-7-13)5-4-12-16-10-2-1-3-11-16/h13,15H,1-12H2. The van der Waals surface area contributed by atoms with Crippen LogP contribution in [0.15, 0.2) is 0 Å². The van der Waals surface area contributed by atoms with E-state index < -0.39 is 0 Å². The lowest BCUT2D eigenvalue weighted by molar-refractivity contribution is -0.123. The summed E-state index contributed by atoms with van der Waals surface area (Å²) in [5.74, 6) is 0.876. The van der Waals surface area contributed by atoms with E-state index in [-0.39, 0.29) is 0 Å². The maximum Gasteiger partial charge on any atom is 0.136 e. The van der Waals surface area contributed by atoms with Crippen molar-refractivity contribution in [1.29, 1.82) is 0 Å². The first kappa shape index (κ1) is 13.0. The largest absolute Gasteiger partial charge is 0.317 e. The number of ketones is 1. The molecule has 0 unspecified atom stereocenters. The SMILES string of the molecule is O=C(CCCN1CCCCC1)C1CCNCC1. The third kappa shape index (κ3) is 4.40. The van der Waals surface area contributed by atoms with Crippen LogP contribution < -0.4 is 5.32 Å². The molecule has 0 radical (unpaired) electrons. The van der Waals surface area contributed by atoms with E-state index in [0.29, 0.717) is 11.7 Å². The number of hydrogen-bond donors (Lipinski definition) is 1. The third-order valence-electron chi connectivity index (χ3n) is 4.14. The topological polar surface area (TPSA) is 32.3 Å². The molecular weight excluding hydrogens is 212 g/mol. The molecule has 2 heterocycles. The van der Waals surface area contributed by atoms with Crippen molar-refractivity contribution in [2.45, 2.75) is 44.9 Å². The number of rotatable bonds is 5.